The number of carbonyl (C=O) groups excluding carboxylic acids is 1. The molecule has 0 radical (unpaired) electrons. The minimum atomic E-state index is -0.510. The number of anilines is 1. The summed E-state index contributed by atoms with van der Waals surface area (Å²) >= 11 is 5.96. The summed E-state index contributed by atoms with van der Waals surface area (Å²) in [5.74, 6) is 0.650. The van der Waals surface area contributed by atoms with E-state index >= 15 is 0 Å². The summed E-state index contributed by atoms with van der Waals surface area (Å²) in [6, 6.07) is 3.91. The van der Waals surface area contributed by atoms with E-state index in [2.05, 4.69) is 14.9 Å². The van der Waals surface area contributed by atoms with Gasteiger partial charge in [0.2, 0.25) is 5.28 Å². The summed E-state index contributed by atoms with van der Waals surface area (Å²) in [4.78, 5) is 24.7. The topological polar surface area (TPSA) is 82.4 Å². The van der Waals surface area contributed by atoms with E-state index in [1.807, 2.05) is 31.7 Å². The van der Waals surface area contributed by atoms with Crippen LogP contribution in [0.2, 0.25) is 5.28 Å². The van der Waals surface area contributed by atoms with Gasteiger partial charge in [-0.15, -0.1) is 0 Å². The van der Waals surface area contributed by atoms with Crippen molar-refractivity contribution in [1.82, 2.24) is 14.9 Å². The van der Waals surface area contributed by atoms with Crippen LogP contribution in [0.4, 0.5) is 10.6 Å². The lowest BCUT2D eigenvalue weighted by molar-refractivity contribution is 0.0115. The van der Waals surface area contributed by atoms with Gasteiger partial charge in [0.15, 0.2) is 0 Å². The van der Waals surface area contributed by atoms with E-state index in [4.69, 9.17) is 21.6 Å². The number of halogens is 1. The number of nitriles is 1. The molecule has 0 N–H and O–H groups in total. The molecule has 0 bridgehead atoms. The van der Waals surface area contributed by atoms with Crippen LogP contribution in [0.3, 0.4) is 0 Å². The maximum atomic E-state index is 12.5. The highest BCUT2D eigenvalue weighted by Gasteiger charge is 2.43. The summed E-state index contributed by atoms with van der Waals surface area (Å²) in [7, 11) is 0. The highest BCUT2D eigenvalue weighted by atomic mass is 35.5. The minimum absolute atomic E-state index is 0.0677. The summed E-state index contributed by atoms with van der Waals surface area (Å²) in [5.41, 5.74) is -0.261. The lowest BCUT2D eigenvalue weighted by Crippen LogP contribution is -2.60. The molecule has 1 aliphatic carbocycles. The Hall–Kier alpha value is -2.07. The van der Waals surface area contributed by atoms with Gasteiger partial charge in [-0.2, -0.15) is 5.26 Å². The SMILES string of the molecule is CC(C)(C)OC(=O)N1CCN(c2cc(C#N)nc(Cl)n2)C2CCCC21. The molecule has 2 aliphatic rings. The van der Waals surface area contributed by atoms with Crippen molar-refractivity contribution >= 4 is 23.5 Å². The van der Waals surface area contributed by atoms with Crippen molar-refractivity contribution in [1.29, 1.82) is 5.26 Å². The fraction of sp³-hybridized carbons (Fsp3) is 0.647. The fourth-order valence-corrected chi connectivity index (χ4v) is 3.81. The van der Waals surface area contributed by atoms with Gasteiger partial charge in [-0.1, -0.05) is 0 Å². The molecule has 25 heavy (non-hydrogen) atoms. The van der Waals surface area contributed by atoms with Crippen molar-refractivity contribution in [3.8, 4) is 6.07 Å². The van der Waals surface area contributed by atoms with Crippen LogP contribution in [0.5, 0.6) is 0 Å². The normalized spacial score (nSPS) is 23.2. The number of hydrogen-bond donors (Lipinski definition) is 0. The quantitative estimate of drug-likeness (QED) is 0.713. The largest absolute Gasteiger partial charge is 0.444 e. The van der Waals surface area contributed by atoms with Crippen LogP contribution < -0.4 is 4.90 Å². The van der Waals surface area contributed by atoms with Crippen molar-refractivity contribution in [2.24, 2.45) is 0 Å². The predicted octanol–water partition coefficient (Wildman–Crippen LogP) is 2.98. The Balaban J connectivity index is 1.82. The van der Waals surface area contributed by atoms with Crippen LogP contribution >= 0.6 is 11.6 Å². The van der Waals surface area contributed by atoms with Gasteiger partial charge in [-0.25, -0.2) is 14.8 Å². The highest BCUT2D eigenvalue weighted by molar-refractivity contribution is 6.28. The molecule has 2 unspecified atom stereocenters. The van der Waals surface area contributed by atoms with E-state index in [9.17, 15) is 4.79 Å². The molecule has 0 aromatic carbocycles. The van der Waals surface area contributed by atoms with Crippen molar-refractivity contribution < 1.29 is 9.53 Å². The monoisotopic (exact) mass is 363 g/mol. The van der Waals surface area contributed by atoms with Gasteiger partial charge >= 0.3 is 6.09 Å². The number of aromatic nitrogens is 2. The van der Waals surface area contributed by atoms with Crippen molar-refractivity contribution in [3.05, 3.63) is 17.0 Å². The average Bonchev–Trinajstić information content (AvgIpc) is 3.00. The van der Waals surface area contributed by atoms with Crippen LogP contribution in [0.15, 0.2) is 6.07 Å². The molecular weight excluding hydrogens is 342 g/mol. The lowest BCUT2D eigenvalue weighted by atomic mass is 10.1. The van der Waals surface area contributed by atoms with Crippen LogP contribution in [0.1, 0.15) is 45.7 Å². The molecule has 2 fully saturated rings. The molecule has 8 heteroatoms. The number of hydrogen-bond acceptors (Lipinski definition) is 6. The Morgan fingerprint density at radius 3 is 2.72 bits per heavy atom. The maximum Gasteiger partial charge on any atom is 0.410 e. The molecule has 1 amide bonds. The average molecular weight is 364 g/mol. The minimum Gasteiger partial charge on any atom is -0.444 e. The Bertz CT molecular complexity index is 712. The summed E-state index contributed by atoms with van der Waals surface area (Å²) < 4.78 is 5.56. The number of nitrogens with zero attached hydrogens (tertiary/aromatic N) is 5. The molecule has 134 valence electrons. The Kier molecular flexibility index (Phi) is 4.74. The first-order valence-electron chi connectivity index (χ1n) is 8.49. The van der Waals surface area contributed by atoms with E-state index in [1.165, 1.54) is 0 Å². The molecular formula is C17H22ClN5O2. The molecule has 7 nitrogen and oxygen atoms in total. The smallest absolute Gasteiger partial charge is 0.410 e. The molecule has 2 atom stereocenters. The summed E-state index contributed by atoms with van der Waals surface area (Å²) in [5, 5.41) is 9.18. The first kappa shape index (κ1) is 17.7. The van der Waals surface area contributed by atoms with Gasteiger partial charge in [0.1, 0.15) is 23.2 Å². The van der Waals surface area contributed by atoms with Crippen LogP contribution in [0.25, 0.3) is 0 Å². The first-order chi connectivity index (χ1) is 11.8. The third kappa shape index (κ3) is 3.79. The van der Waals surface area contributed by atoms with Gasteiger partial charge < -0.3 is 14.5 Å². The van der Waals surface area contributed by atoms with E-state index in [-0.39, 0.29) is 29.2 Å². The molecule has 1 saturated heterocycles. The zero-order valence-electron chi connectivity index (χ0n) is 14.7. The number of piperazine rings is 1. The van der Waals surface area contributed by atoms with Crippen molar-refractivity contribution in [3.63, 3.8) is 0 Å². The second kappa shape index (κ2) is 6.68. The Labute approximate surface area is 152 Å². The third-order valence-electron chi connectivity index (χ3n) is 4.55. The van der Waals surface area contributed by atoms with E-state index in [1.54, 1.807) is 6.07 Å². The molecule has 1 aromatic heterocycles. The Morgan fingerprint density at radius 2 is 2.04 bits per heavy atom. The Morgan fingerprint density at radius 1 is 1.32 bits per heavy atom. The van der Waals surface area contributed by atoms with Crippen LogP contribution in [0, 0.1) is 11.3 Å². The van der Waals surface area contributed by atoms with E-state index < -0.39 is 5.60 Å². The van der Waals surface area contributed by atoms with Crippen LogP contribution in [-0.4, -0.2) is 51.7 Å². The van der Waals surface area contributed by atoms with Gasteiger partial charge in [-0.05, 0) is 51.6 Å². The van der Waals surface area contributed by atoms with E-state index in [0.29, 0.717) is 18.9 Å². The van der Waals surface area contributed by atoms with E-state index in [0.717, 1.165) is 19.3 Å². The molecule has 1 aromatic rings. The highest BCUT2D eigenvalue weighted by Crippen LogP contribution is 2.35. The standard InChI is InChI=1S/C17H22ClN5O2/c1-17(2,3)25-16(24)23-8-7-22(12-5-4-6-13(12)23)14-9-11(10-19)20-15(18)21-14/h9,12-13H,4-8H2,1-3H3. The molecule has 0 spiro atoms. The van der Waals surface area contributed by atoms with Crippen molar-refractivity contribution in [2.75, 3.05) is 18.0 Å². The number of amides is 1. The number of carbonyl (C=O) groups is 1. The second-order valence-electron chi connectivity index (χ2n) is 7.42. The number of rotatable bonds is 1. The zero-order chi connectivity index (χ0) is 18.2. The fourth-order valence-electron chi connectivity index (χ4n) is 3.64. The van der Waals surface area contributed by atoms with Gasteiger partial charge in [0.05, 0.1) is 12.1 Å². The van der Waals surface area contributed by atoms with Crippen molar-refractivity contribution in [2.45, 2.75) is 57.7 Å². The summed E-state index contributed by atoms with van der Waals surface area (Å²) in [6.45, 7) is 6.80. The zero-order valence-corrected chi connectivity index (χ0v) is 15.5. The summed E-state index contributed by atoms with van der Waals surface area (Å²) in [6.07, 6.45) is 2.68. The van der Waals surface area contributed by atoms with Gasteiger partial charge in [-0.3, -0.25) is 0 Å². The number of ether oxygens (including phenoxy) is 1. The molecule has 1 aliphatic heterocycles. The first-order valence-corrected chi connectivity index (χ1v) is 8.87. The number of fused-ring (bicyclic) bond motifs is 1. The molecule has 1 saturated carbocycles. The second-order valence-corrected chi connectivity index (χ2v) is 7.76. The van der Waals surface area contributed by atoms with Crippen LogP contribution in [-0.2, 0) is 4.74 Å². The predicted molar refractivity (Wildman–Crippen MR) is 93.5 cm³/mol. The lowest BCUT2D eigenvalue weighted by Gasteiger charge is -2.45. The van der Waals surface area contributed by atoms with Gasteiger partial charge in [0, 0.05) is 19.2 Å². The third-order valence-corrected chi connectivity index (χ3v) is 4.72. The molecule has 2 heterocycles. The molecule has 3 rings (SSSR count). The maximum absolute atomic E-state index is 12.5. The van der Waals surface area contributed by atoms with Gasteiger partial charge in [0.25, 0.3) is 0 Å².